The van der Waals surface area contributed by atoms with Gasteiger partial charge in [0.05, 0.1) is 6.54 Å². The SMILES string of the molecule is C/C=C1/CN(C2CCNCC2)CC(=O)N/C1=C/C. The van der Waals surface area contributed by atoms with E-state index >= 15 is 0 Å². The number of allylic oxidation sites excluding steroid dienone is 2. The summed E-state index contributed by atoms with van der Waals surface area (Å²) >= 11 is 0. The monoisotopic (exact) mass is 249 g/mol. The Morgan fingerprint density at radius 3 is 2.50 bits per heavy atom. The molecule has 2 aliphatic heterocycles. The van der Waals surface area contributed by atoms with E-state index in [2.05, 4.69) is 21.6 Å². The van der Waals surface area contributed by atoms with Gasteiger partial charge in [-0.1, -0.05) is 12.2 Å². The van der Waals surface area contributed by atoms with Gasteiger partial charge in [0.2, 0.25) is 5.91 Å². The summed E-state index contributed by atoms with van der Waals surface area (Å²) in [6.45, 7) is 7.52. The van der Waals surface area contributed by atoms with Crippen LogP contribution in [0.1, 0.15) is 26.7 Å². The van der Waals surface area contributed by atoms with Crippen LogP contribution in [0.5, 0.6) is 0 Å². The van der Waals surface area contributed by atoms with Crippen LogP contribution in [-0.4, -0.2) is 43.0 Å². The Balaban J connectivity index is 2.14. The molecule has 1 amide bonds. The molecule has 0 atom stereocenters. The largest absolute Gasteiger partial charge is 0.325 e. The second kappa shape index (κ2) is 6.16. The zero-order valence-electron chi connectivity index (χ0n) is 11.3. The van der Waals surface area contributed by atoms with Crippen molar-refractivity contribution in [1.29, 1.82) is 0 Å². The molecule has 0 aromatic carbocycles. The third-order valence-electron chi connectivity index (χ3n) is 3.80. The van der Waals surface area contributed by atoms with E-state index in [0.29, 0.717) is 12.6 Å². The lowest BCUT2D eigenvalue weighted by atomic mass is 10.0. The predicted octanol–water partition coefficient (Wildman–Crippen LogP) is 1.02. The van der Waals surface area contributed by atoms with Crippen molar-refractivity contribution in [3.8, 4) is 0 Å². The quantitative estimate of drug-likeness (QED) is 0.729. The third-order valence-corrected chi connectivity index (χ3v) is 3.80. The molecule has 2 rings (SSSR count). The highest BCUT2D eigenvalue weighted by Gasteiger charge is 2.27. The van der Waals surface area contributed by atoms with Crippen molar-refractivity contribution in [1.82, 2.24) is 15.5 Å². The standard InChI is InChI=1S/C14H23N3O/c1-3-11-9-17(12-5-7-15-8-6-12)10-14(18)16-13(11)4-2/h3-4,12,15H,5-10H2,1-2H3,(H,16,18)/b11-3-,13-4+. The minimum atomic E-state index is 0.110. The highest BCUT2D eigenvalue weighted by molar-refractivity contribution is 5.81. The van der Waals surface area contributed by atoms with Crippen LogP contribution in [0.2, 0.25) is 0 Å². The Hall–Kier alpha value is -1.13. The third kappa shape index (κ3) is 3.00. The lowest BCUT2D eigenvalue weighted by molar-refractivity contribution is -0.121. The predicted molar refractivity (Wildman–Crippen MR) is 73.1 cm³/mol. The van der Waals surface area contributed by atoms with Crippen LogP contribution in [-0.2, 0) is 4.79 Å². The van der Waals surface area contributed by atoms with E-state index in [9.17, 15) is 4.79 Å². The number of hydrogen-bond donors (Lipinski definition) is 2. The molecule has 4 heteroatoms. The number of rotatable bonds is 1. The van der Waals surface area contributed by atoms with Crippen molar-refractivity contribution in [2.75, 3.05) is 26.2 Å². The van der Waals surface area contributed by atoms with Crippen LogP contribution >= 0.6 is 0 Å². The summed E-state index contributed by atoms with van der Waals surface area (Å²) in [6.07, 6.45) is 6.36. The Labute approximate surface area is 109 Å². The minimum absolute atomic E-state index is 0.110. The van der Waals surface area contributed by atoms with Crippen LogP contribution in [0.25, 0.3) is 0 Å². The fourth-order valence-electron chi connectivity index (χ4n) is 2.75. The molecule has 2 aliphatic rings. The topological polar surface area (TPSA) is 44.4 Å². The number of amides is 1. The van der Waals surface area contributed by atoms with Gasteiger partial charge in [0, 0.05) is 18.3 Å². The molecule has 18 heavy (non-hydrogen) atoms. The Morgan fingerprint density at radius 1 is 1.17 bits per heavy atom. The number of hydrogen-bond acceptors (Lipinski definition) is 3. The highest BCUT2D eigenvalue weighted by atomic mass is 16.2. The van der Waals surface area contributed by atoms with Crippen molar-refractivity contribution in [3.05, 3.63) is 23.4 Å². The Bertz CT molecular complexity index is 367. The first-order valence-electron chi connectivity index (χ1n) is 6.81. The summed E-state index contributed by atoms with van der Waals surface area (Å²) in [5.74, 6) is 0.110. The van der Waals surface area contributed by atoms with Gasteiger partial charge in [-0.3, -0.25) is 9.69 Å². The maximum absolute atomic E-state index is 11.9. The van der Waals surface area contributed by atoms with E-state index in [4.69, 9.17) is 0 Å². The number of carbonyl (C=O) groups excluding carboxylic acids is 1. The van der Waals surface area contributed by atoms with E-state index in [-0.39, 0.29) is 5.91 Å². The molecule has 0 spiro atoms. The summed E-state index contributed by atoms with van der Waals surface area (Å²) in [7, 11) is 0. The fourth-order valence-corrected chi connectivity index (χ4v) is 2.75. The smallest absolute Gasteiger partial charge is 0.238 e. The van der Waals surface area contributed by atoms with E-state index in [1.807, 2.05) is 19.9 Å². The zero-order valence-corrected chi connectivity index (χ0v) is 11.3. The van der Waals surface area contributed by atoms with Crippen LogP contribution < -0.4 is 10.6 Å². The van der Waals surface area contributed by atoms with E-state index in [1.54, 1.807) is 0 Å². The highest BCUT2D eigenvalue weighted by Crippen LogP contribution is 2.19. The number of nitrogens with one attached hydrogen (secondary N) is 2. The molecule has 2 heterocycles. The van der Waals surface area contributed by atoms with Gasteiger partial charge in [0.1, 0.15) is 0 Å². The number of carbonyl (C=O) groups is 1. The van der Waals surface area contributed by atoms with Gasteiger partial charge < -0.3 is 10.6 Å². The molecule has 100 valence electrons. The second-order valence-corrected chi connectivity index (χ2v) is 4.95. The van der Waals surface area contributed by atoms with Crippen molar-refractivity contribution < 1.29 is 4.79 Å². The van der Waals surface area contributed by atoms with Crippen molar-refractivity contribution in [2.24, 2.45) is 0 Å². The molecular formula is C14H23N3O. The molecule has 2 N–H and O–H groups in total. The van der Waals surface area contributed by atoms with Crippen LogP contribution in [0.3, 0.4) is 0 Å². The summed E-state index contributed by atoms with van der Waals surface area (Å²) < 4.78 is 0. The van der Waals surface area contributed by atoms with Gasteiger partial charge in [-0.2, -0.15) is 0 Å². The molecule has 0 aromatic heterocycles. The normalized spacial score (nSPS) is 28.4. The first kappa shape index (κ1) is 13.3. The van der Waals surface area contributed by atoms with Crippen LogP contribution in [0, 0.1) is 0 Å². The van der Waals surface area contributed by atoms with Gasteiger partial charge in [0.15, 0.2) is 0 Å². The summed E-state index contributed by atoms with van der Waals surface area (Å²) in [6, 6.07) is 0.531. The Morgan fingerprint density at radius 2 is 1.89 bits per heavy atom. The molecular weight excluding hydrogens is 226 g/mol. The van der Waals surface area contributed by atoms with Crippen molar-refractivity contribution in [2.45, 2.75) is 32.7 Å². The van der Waals surface area contributed by atoms with E-state index in [1.165, 1.54) is 5.57 Å². The maximum Gasteiger partial charge on any atom is 0.238 e. The molecule has 0 radical (unpaired) electrons. The summed E-state index contributed by atoms with van der Waals surface area (Å²) in [5.41, 5.74) is 2.20. The first-order valence-corrected chi connectivity index (χ1v) is 6.81. The van der Waals surface area contributed by atoms with Gasteiger partial charge in [-0.05, 0) is 45.4 Å². The van der Waals surface area contributed by atoms with Crippen LogP contribution in [0.15, 0.2) is 23.4 Å². The molecule has 2 saturated heterocycles. The summed E-state index contributed by atoms with van der Waals surface area (Å²) in [4.78, 5) is 14.3. The first-order chi connectivity index (χ1) is 8.74. The molecule has 2 fully saturated rings. The number of piperidine rings is 1. The van der Waals surface area contributed by atoms with Crippen LogP contribution in [0.4, 0.5) is 0 Å². The Kier molecular flexibility index (Phi) is 4.55. The fraction of sp³-hybridized carbons (Fsp3) is 0.643. The molecule has 0 saturated carbocycles. The lowest BCUT2D eigenvalue weighted by Gasteiger charge is -2.33. The second-order valence-electron chi connectivity index (χ2n) is 4.95. The lowest BCUT2D eigenvalue weighted by Crippen LogP contribution is -2.45. The van der Waals surface area contributed by atoms with Crippen molar-refractivity contribution >= 4 is 5.91 Å². The van der Waals surface area contributed by atoms with Crippen molar-refractivity contribution in [3.63, 3.8) is 0 Å². The number of nitrogens with zero attached hydrogens (tertiary/aromatic N) is 1. The molecule has 0 unspecified atom stereocenters. The van der Waals surface area contributed by atoms with Gasteiger partial charge in [-0.25, -0.2) is 0 Å². The summed E-state index contributed by atoms with van der Waals surface area (Å²) in [5, 5.41) is 6.37. The average Bonchev–Trinajstić information content (AvgIpc) is 2.58. The average molecular weight is 249 g/mol. The van der Waals surface area contributed by atoms with Gasteiger partial charge in [-0.15, -0.1) is 0 Å². The minimum Gasteiger partial charge on any atom is -0.325 e. The molecule has 0 bridgehead atoms. The van der Waals surface area contributed by atoms with Gasteiger partial charge >= 0.3 is 0 Å². The van der Waals surface area contributed by atoms with Gasteiger partial charge in [0.25, 0.3) is 0 Å². The van der Waals surface area contributed by atoms with E-state index < -0.39 is 0 Å². The molecule has 4 nitrogen and oxygen atoms in total. The maximum atomic E-state index is 11.9. The zero-order chi connectivity index (χ0) is 13.0. The molecule has 0 aliphatic carbocycles. The molecule has 0 aromatic rings. The van der Waals surface area contributed by atoms with E-state index in [0.717, 1.165) is 38.2 Å².